The van der Waals surface area contributed by atoms with Crippen molar-refractivity contribution in [1.29, 1.82) is 0 Å². The Morgan fingerprint density at radius 1 is 1.33 bits per heavy atom. The van der Waals surface area contributed by atoms with E-state index in [0.29, 0.717) is 24.7 Å². The average molecular weight is 296 g/mol. The fourth-order valence-electron chi connectivity index (χ4n) is 3.58. The summed E-state index contributed by atoms with van der Waals surface area (Å²) in [4.78, 5) is 12.5. The molecule has 0 bridgehead atoms. The molecule has 2 fully saturated rings. The molecule has 0 aromatic carbocycles. The topological polar surface area (TPSA) is 64.3 Å². The van der Waals surface area contributed by atoms with Crippen LogP contribution < -0.4 is 11.1 Å². The van der Waals surface area contributed by atoms with Crippen LogP contribution in [0.2, 0.25) is 0 Å². The number of hydrogen-bond donors (Lipinski definition) is 2. The molecule has 1 heterocycles. The Hall–Kier alpha value is -0.610. The molecule has 2 rings (SSSR count). The largest absolute Gasteiger partial charge is 0.379 e. The van der Waals surface area contributed by atoms with Crippen molar-refractivity contribution in [1.82, 2.24) is 5.32 Å². The van der Waals surface area contributed by atoms with Crippen LogP contribution >= 0.6 is 0 Å². The lowest BCUT2D eigenvalue weighted by Gasteiger charge is -2.39. The number of ether oxygens (including phenoxy) is 1. The van der Waals surface area contributed by atoms with Crippen molar-refractivity contribution in [2.24, 2.45) is 22.5 Å². The Bertz CT molecular complexity index is 375. The maximum Gasteiger partial charge on any atom is 0.230 e. The van der Waals surface area contributed by atoms with Crippen molar-refractivity contribution in [3.63, 3.8) is 0 Å². The monoisotopic (exact) mass is 296 g/mol. The Morgan fingerprint density at radius 3 is 2.43 bits per heavy atom. The van der Waals surface area contributed by atoms with Crippen molar-refractivity contribution < 1.29 is 9.53 Å². The van der Waals surface area contributed by atoms with E-state index in [9.17, 15) is 4.79 Å². The second-order valence-electron chi connectivity index (χ2n) is 7.90. The van der Waals surface area contributed by atoms with Crippen LogP contribution in [0.3, 0.4) is 0 Å². The van der Waals surface area contributed by atoms with Gasteiger partial charge in [-0.05, 0) is 43.9 Å². The number of nitrogens with one attached hydrogen (secondary N) is 1. The lowest BCUT2D eigenvalue weighted by atomic mass is 9.69. The van der Waals surface area contributed by atoms with E-state index in [1.54, 1.807) is 0 Å². The number of nitrogens with two attached hydrogens (primary N) is 1. The van der Waals surface area contributed by atoms with Crippen LogP contribution in [0, 0.1) is 16.7 Å². The number of hydrogen-bond acceptors (Lipinski definition) is 3. The zero-order valence-electron chi connectivity index (χ0n) is 14.1. The molecule has 1 aliphatic carbocycles. The van der Waals surface area contributed by atoms with E-state index in [0.717, 1.165) is 18.8 Å². The molecule has 0 radical (unpaired) electrons. The Balaban J connectivity index is 1.85. The van der Waals surface area contributed by atoms with Crippen LogP contribution in [0.15, 0.2) is 0 Å². The van der Waals surface area contributed by atoms with Gasteiger partial charge < -0.3 is 15.8 Å². The third-order valence-corrected chi connectivity index (χ3v) is 6.12. The van der Waals surface area contributed by atoms with Gasteiger partial charge in [0.05, 0.1) is 18.6 Å². The molecule has 2 aliphatic rings. The Labute approximate surface area is 129 Å². The maximum atomic E-state index is 12.5. The summed E-state index contributed by atoms with van der Waals surface area (Å²) in [5.74, 6) is 0.856. The van der Waals surface area contributed by atoms with Gasteiger partial charge in [-0.25, -0.2) is 0 Å². The lowest BCUT2D eigenvalue weighted by molar-refractivity contribution is -0.131. The third-order valence-electron chi connectivity index (χ3n) is 6.12. The van der Waals surface area contributed by atoms with Gasteiger partial charge in [0.2, 0.25) is 5.91 Å². The van der Waals surface area contributed by atoms with Gasteiger partial charge >= 0.3 is 0 Å². The van der Waals surface area contributed by atoms with E-state index < -0.39 is 5.41 Å². The third kappa shape index (κ3) is 3.42. The molecular formula is C17H32N2O2. The quantitative estimate of drug-likeness (QED) is 0.837. The van der Waals surface area contributed by atoms with E-state index in [2.05, 4.69) is 26.1 Å². The summed E-state index contributed by atoms with van der Waals surface area (Å²) in [5, 5.41) is 3.22. The summed E-state index contributed by atoms with van der Waals surface area (Å²) in [7, 11) is 0. The first-order chi connectivity index (χ1) is 9.79. The minimum atomic E-state index is -0.556. The van der Waals surface area contributed by atoms with E-state index in [4.69, 9.17) is 10.5 Å². The first-order valence-electron chi connectivity index (χ1n) is 8.44. The zero-order chi connectivity index (χ0) is 15.7. The van der Waals surface area contributed by atoms with Gasteiger partial charge in [-0.15, -0.1) is 0 Å². The summed E-state index contributed by atoms with van der Waals surface area (Å²) >= 11 is 0. The molecule has 122 valence electrons. The second kappa shape index (κ2) is 6.25. The first-order valence-corrected chi connectivity index (χ1v) is 8.44. The average Bonchev–Trinajstić information content (AvgIpc) is 2.80. The Kier molecular flexibility index (Phi) is 4.99. The molecule has 1 amide bonds. The van der Waals surface area contributed by atoms with E-state index in [1.807, 2.05) is 6.92 Å². The summed E-state index contributed by atoms with van der Waals surface area (Å²) in [6.45, 7) is 9.86. The molecule has 2 unspecified atom stereocenters. The van der Waals surface area contributed by atoms with Crippen LogP contribution in [0.4, 0.5) is 0 Å². The van der Waals surface area contributed by atoms with Crippen molar-refractivity contribution in [3.8, 4) is 0 Å². The van der Waals surface area contributed by atoms with Crippen LogP contribution in [-0.2, 0) is 9.53 Å². The van der Waals surface area contributed by atoms with E-state index in [1.165, 1.54) is 19.3 Å². The van der Waals surface area contributed by atoms with Crippen molar-refractivity contribution in [2.75, 3.05) is 13.2 Å². The molecule has 1 saturated heterocycles. The van der Waals surface area contributed by atoms with Gasteiger partial charge in [-0.1, -0.05) is 27.2 Å². The maximum absolute atomic E-state index is 12.5. The predicted octanol–water partition coefficient (Wildman–Crippen LogP) is 2.46. The predicted molar refractivity (Wildman–Crippen MR) is 84.9 cm³/mol. The summed E-state index contributed by atoms with van der Waals surface area (Å²) in [6, 6.07) is 0.124. The van der Waals surface area contributed by atoms with Crippen molar-refractivity contribution >= 4 is 5.91 Å². The number of carbonyl (C=O) groups excluding carboxylic acids is 1. The smallest absolute Gasteiger partial charge is 0.230 e. The van der Waals surface area contributed by atoms with Gasteiger partial charge in [0.1, 0.15) is 0 Å². The molecule has 0 spiro atoms. The highest BCUT2D eigenvalue weighted by Gasteiger charge is 2.45. The highest BCUT2D eigenvalue weighted by atomic mass is 16.5. The molecule has 1 saturated carbocycles. The summed E-state index contributed by atoms with van der Waals surface area (Å²) in [5.41, 5.74) is 5.89. The van der Waals surface area contributed by atoms with Gasteiger partial charge in [0, 0.05) is 12.1 Å². The first kappa shape index (κ1) is 16.8. The zero-order valence-corrected chi connectivity index (χ0v) is 14.1. The van der Waals surface area contributed by atoms with E-state index >= 15 is 0 Å². The van der Waals surface area contributed by atoms with Crippen molar-refractivity contribution in [2.45, 2.75) is 71.9 Å². The van der Waals surface area contributed by atoms with Crippen LogP contribution in [0.25, 0.3) is 0 Å². The van der Waals surface area contributed by atoms with Crippen molar-refractivity contribution in [3.05, 3.63) is 0 Å². The second-order valence-corrected chi connectivity index (χ2v) is 7.90. The molecule has 2 atom stereocenters. The van der Waals surface area contributed by atoms with Gasteiger partial charge in [0.15, 0.2) is 0 Å². The van der Waals surface area contributed by atoms with Crippen LogP contribution in [-0.4, -0.2) is 31.2 Å². The van der Waals surface area contributed by atoms with Gasteiger partial charge in [-0.3, -0.25) is 4.79 Å². The fourth-order valence-corrected chi connectivity index (χ4v) is 3.58. The van der Waals surface area contributed by atoms with Crippen LogP contribution in [0.1, 0.15) is 59.8 Å². The standard InChI is InChI=1S/C17H32N2O2/c1-5-16(2,3)12-6-8-13(9-7-12)19-15(20)17(4)11-21-10-14(17)18/h12-14H,5-11,18H2,1-4H3,(H,19,20). The molecule has 0 aromatic heterocycles. The van der Waals surface area contributed by atoms with Gasteiger partial charge in [-0.2, -0.15) is 0 Å². The van der Waals surface area contributed by atoms with E-state index in [-0.39, 0.29) is 11.9 Å². The molecular weight excluding hydrogens is 264 g/mol. The minimum Gasteiger partial charge on any atom is -0.379 e. The van der Waals surface area contributed by atoms with Crippen LogP contribution in [0.5, 0.6) is 0 Å². The normalized spacial score (nSPS) is 37.5. The summed E-state index contributed by atoms with van der Waals surface area (Å²) < 4.78 is 5.37. The fraction of sp³-hybridized carbons (Fsp3) is 0.941. The summed E-state index contributed by atoms with van der Waals surface area (Å²) in [6.07, 6.45) is 5.83. The molecule has 21 heavy (non-hydrogen) atoms. The number of carbonyl (C=O) groups is 1. The molecule has 0 aromatic rings. The molecule has 4 heteroatoms. The number of amides is 1. The number of rotatable bonds is 4. The minimum absolute atomic E-state index is 0.0747. The molecule has 4 nitrogen and oxygen atoms in total. The molecule has 3 N–H and O–H groups in total. The molecule has 1 aliphatic heterocycles. The Morgan fingerprint density at radius 2 is 1.95 bits per heavy atom. The highest BCUT2D eigenvalue weighted by Crippen LogP contribution is 2.40. The lowest BCUT2D eigenvalue weighted by Crippen LogP contribution is -2.53. The van der Waals surface area contributed by atoms with Gasteiger partial charge in [0.25, 0.3) is 0 Å². The SMILES string of the molecule is CCC(C)(C)C1CCC(NC(=O)C2(C)COCC2N)CC1. The highest BCUT2D eigenvalue weighted by molar-refractivity contribution is 5.83.